The van der Waals surface area contributed by atoms with E-state index in [1.54, 1.807) is 38.4 Å². The van der Waals surface area contributed by atoms with Gasteiger partial charge in [-0.15, -0.1) is 0 Å². The van der Waals surface area contributed by atoms with E-state index in [4.69, 9.17) is 4.74 Å². The number of ether oxygens (including phenoxy) is 1. The summed E-state index contributed by atoms with van der Waals surface area (Å²) < 4.78 is 46.0. The van der Waals surface area contributed by atoms with Crippen LogP contribution in [-0.2, 0) is 14.8 Å². The standard InChI is InChI=1S/C17H17FN2O4S/c1-19(2)17(21)16-11-20(14-5-3-4-6-15(14)24-16)25(22,23)13-9-7-12(18)8-10-13/h3-10,16H,11H2,1-2H3/t16-/m0/s1. The molecule has 2 aromatic carbocycles. The Labute approximate surface area is 145 Å². The van der Waals surface area contributed by atoms with Crippen LogP contribution in [0.3, 0.4) is 0 Å². The second-order valence-electron chi connectivity index (χ2n) is 5.80. The average Bonchev–Trinajstić information content (AvgIpc) is 2.60. The van der Waals surface area contributed by atoms with E-state index in [1.165, 1.54) is 17.0 Å². The highest BCUT2D eigenvalue weighted by Crippen LogP contribution is 2.36. The van der Waals surface area contributed by atoms with Gasteiger partial charge in [0.15, 0.2) is 6.10 Å². The van der Waals surface area contributed by atoms with Gasteiger partial charge in [-0.3, -0.25) is 9.10 Å². The van der Waals surface area contributed by atoms with Crippen LogP contribution in [0.4, 0.5) is 10.1 Å². The molecule has 1 amide bonds. The molecule has 0 aliphatic carbocycles. The van der Waals surface area contributed by atoms with Crippen molar-refractivity contribution in [2.24, 2.45) is 0 Å². The van der Waals surface area contributed by atoms with E-state index in [1.807, 2.05) is 0 Å². The molecule has 0 bridgehead atoms. The molecule has 1 atom stereocenters. The summed E-state index contributed by atoms with van der Waals surface area (Å²) in [4.78, 5) is 13.6. The molecule has 1 aliphatic rings. The molecule has 3 rings (SSSR count). The van der Waals surface area contributed by atoms with Gasteiger partial charge in [0, 0.05) is 14.1 Å². The predicted molar refractivity (Wildman–Crippen MR) is 90.5 cm³/mol. The van der Waals surface area contributed by atoms with Gasteiger partial charge in [-0.05, 0) is 36.4 Å². The summed E-state index contributed by atoms with van der Waals surface area (Å²) in [7, 11) is -0.820. The van der Waals surface area contributed by atoms with E-state index in [2.05, 4.69) is 0 Å². The monoisotopic (exact) mass is 364 g/mol. The lowest BCUT2D eigenvalue weighted by atomic mass is 10.2. The number of sulfonamides is 1. The summed E-state index contributed by atoms with van der Waals surface area (Å²) in [6.45, 7) is -0.159. The maximum atomic E-state index is 13.1. The number of carbonyl (C=O) groups excluding carboxylic acids is 1. The van der Waals surface area contributed by atoms with E-state index in [0.717, 1.165) is 16.4 Å². The fourth-order valence-corrected chi connectivity index (χ4v) is 4.06. The van der Waals surface area contributed by atoms with Gasteiger partial charge in [-0.1, -0.05) is 12.1 Å². The first-order chi connectivity index (χ1) is 11.8. The van der Waals surface area contributed by atoms with Gasteiger partial charge in [-0.2, -0.15) is 0 Å². The number of amides is 1. The van der Waals surface area contributed by atoms with Gasteiger partial charge in [0.25, 0.3) is 15.9 Å². The fourth-order valence-electron chi connectivity index (χ4n) is 2.58. The number of benzene rings is 2. The molecular weight excluding hydrogens is 347 g/mol. The molecule has 8 heteroatoms. The Hall–Kier alpha value is -2.61. The quantitative estimate of drug-likeness (QED) is 0.834. The summed E-state index contributed by atoms with van der Waals surface area (Å²) in [6, 6.07) is 11.2. The van der Waals surface area contributed by atoms with Crippen LogP contribution < -0.4 is 9.04 Å². The number of rotatable bonds is 3. The first-order valence-corrected chi connectivity index (χ1v) is 9.00. The number of hydrogen-bond donors (Lipinski definition) is 0. The number of nitrogens with zero attached hydrogens (tertiary/aromatic N) is 2. The highest BCUT2D eigenvalue weighted by atomic mass is 32.2. The van der Waals surface area contributed by atoms with Crippen LogP contribution in [0, 0.1) is 5.82 Å². The number of fused-ring (bicyclic) bond motifs is 1. The smallest absolute Gasteiger partial charge is 0.265 e. The summed E-state index contributed by atoms with van der Waals surface area (Å²) in [5.41, 5.74) is 0.342. The molecule has 132 valence electrons. The minimum atomic E-state index is -3.97. The Kier molecular flexibility index (Phi) is 4.38. The van der Waals surface area contributed by atoms with Crippen LogP contribution in [0.1, 0.15) is 0 Å². The van der Waals surface area contributed by atoms with Gasteiger partial charge >= 0.3 is 0 Å². The Morgan fingerprint density at radius 3 is 2.44 bits per heavy atom. The van der Waals surface area contributed by atoms with Gasteiger partial charge in [0.05, 0.1) is 17.1 Å². The molecule has 0 fully saturated rings. The zero-order chi connectivity index (χ0) is 18.2. The van der Waals surface area contributed by atoms with E-state index < -0.39 is 21.9 Å². The van der Waals surface area contributed by atoms with Gasteiger partial charge < -0.3 is 9.64 Å². The van der Waals surface area contributed by atoms with Crippen LogP contribution in [0.15, 0.2) is 53.4 Å². The molecule has 0 N–H and O–H groups in total. The van der Waals surface area contributed by atoms with Crippen molar-refractivity contribution < 1.29 is 22.3 Å². The molecular formula is C17H17FN2O4S. The first-order valence-electron chi connectivity index (χ1n) is 7.56. The summed E-state index contributed by atoms with van der Waals surface area (Å²) in [5, 5.41) is 0. The SMILES string of the molecule is CN(C)C(=O)[C@@H]1CN(S(=O)(=O)c2ccc(F)cc2)c2ccccc2O1. The van der Waals surface area contributed by atoms with Gasteiger partial charge in [-0.25, -0.2) is 12.8 Å². The van der Waals surface area contributed by atoms with Crippen molar-refractivity contribution in [3.05, 3.63) is 54.3 Å². The predicted octanol–water partition coefficient (Wildman–Crippen LogP) is 1.87. The number of halogens is 1. The van der Waals surface area contributed by atoms with Crippen molar-refractivity contribution in [1.82, 2.24) is 4.90 Å². The van der Waals surface area contributed by atoms with Crippen molar-refractivity contribution in [3.63, 3.8) is 0 Å². The molecule has 1 aliphatic heterocycles. The Bertz CT molecular complexity index is 897. The Morgan fingerprint density at radius 2 is 1.80 bits per heavy atom. The molecule has 1 heterocycles. The second kappa shape index (κ2) is 6.36. The van der Waals surface area contributed by atoms with Crippen LogP contribution in [0.25, 0.3) is 0 Å². The zero-order valence-corrected chi connectivity index (χ0v) is 14.5. The third-order valence-electron chi connectivity index (χ3n) is 3.85. The van der Waals surface area contributed by atoms with Gasteiger partial charge in [0.1, 0.15) is 11.6 Å². The Morgan fingerprint density at radius 1 is 1.16 bits per heavy atom. The van der Waals surface area contributed by atoms with E-state index in [0.29, 0.717) is 11.4 Å². The van der Waals surface area contributed by atoms with Crippen LogP contribution >= 0.6 is 0 Å². The molecule has 25 heavy (non-hydrogen) atoms. The third-order valence-corrected chi connectivity index (χ3v) is 5.65. The van der Waals surface area contributed by atoms with Crippen LogP contribution in [0.5, 0.6) is 5.75 Å². The van der Waals surface area contributed by atoms with Gasteiger partial charge in [0.2, 0.25) is 0 Å². The molecule has 0 spiro atoms. The summed E-state index contributed by atoms with van der Waals surface area (Å²) in [6.07, 6.45) is -0.958. The number of anilines is 1. The minimum absolute atomic E-state index is 0.0540. The highest BCUT2D eigenvalue weighted by molar-refractivity contribution is 7.92. The normalized spacial score (nSPS) is 16.8. The lowest BCUT2D eigenvalue weighted by molar-refractivity contribution is -0.135. The molecule has 0 aromatic heterocycles. The number of hydrogen-bond acceptors (Lipinski definition) is 4. The average molecular weight is 364 g/mol. The lowest BCUT2D eigenvalue weighted by Gasteiger charge is -2.35. The largest absolute Gasteiger partial charge is 0.476 e. The van der Waals surface area contributed by atoms with E-state index in [9.17, 15) is 17.6 Å². The Balaban J connectivity index is 2.07. The summed E-state index contributed by atoms with van der Waals surface area (Å²) >= 11 is 0. The summed E-state index contributed by atoms with van der Waals surface area (Å²) in [5.74, 6) is -0.560. The van der Waals surface area contributed by atoms with Crippen LogP contribution in [0.2, 0.25) is 0 Å². The van der Waals surface area contributed by atoms with Crippen molar-refractivity contribution in [3.8, 4) is 5.75 Å². The maximum absolute atomic E-state index is 13.1. The van der Waals surface area contributed by atoms with E-state index >= 15 is 0 Å². The lowest BCUT2D eigenvalue weighted by Crippen LogP contribution is -2.50. The number of para-hydroxylation sites is 2. The number of likely N-dealkylation sites (N-methyl/N-ethyl adjacent to an activating group) is 1. The topological polar surface area (TPSA) is 66.9 Å². The maximum Gasteiger partial charge on any atom is 0.265 e. The van der Waals surface area contributed by atoms with Crippen molar-refractivity contribution in [2.45, 2.75) is 11.0 Å². The minimum Gasteiger partial charge on any atom is -0.476 e. The number of carbonyl (C=O) groups is 1. The fraction of sp³-hybridized carbons (Fsp3) is 0.235. The van der Waals surface area contributed by atoms with Crippen molar-refractivity contribution in [2.75, 3.05) is 24.9 Å². The highest BCUT2D eigenvalue weighted by Gasteiger charge is 2.37. The molecule has 2 aromatic rings. The molecule has 0 unspecified atom stereocenters. The van der Waals surface area contributed by atoms with Crippen molar-refractivity contribution >= 4 is 21.6 Å². The van der Waals surface area contributed by atoms with Crippen LogP contribution in [-0.4, -0.2) is 46.0 Å². The zero-order valence-electron chi connectivity index (χ0n) is 13.7. The second-order valence-corrected chi connectivity index (χ2v) is 7.66. The first kappa shape index (κ1) is 17.2. The molecule has 6 nitrogen and oxygen atoms in total. The van der Waals surface area contributed by atoms with E-state index in [-0.39, 0.29) is 17.3 Å². The molecule has 0 saturated heterocycles. The van der Waals surface area contributed by atoms with Crippen molar-refractivity contribution in [1.29, 1.82) is 0 Å². The molecule has 0 saturated carbocycles. The third kappa shape index (κ3) is 3.17. The molecule has 0 radical (unpaired) electrons.